The minimum absolute atomic E-state index is 0.208. The van der Waals surface area contributed by atoms with Crippen LogP contribution < -0.4 is 10.1 Å². The topological polar surface area (TPSA) is 55.4 Å². The van der Waals surface area contributed by atoms with Crippen molar-refractivity contribution in [3.63, 3.8) is 0 Å². The zero-order valence-electron chi connectivity index (χ0n) is 11.1. The van der Waals surface area contributed by atoms with E-state index in [0.717, 1.165) is 37.8 Å². The quantitative estimate of drug-likeness (QED) is 0.919. The Bertz CT molecular complexity index is 565. The molecule has 0 saturated carbocycles. The Kier molecular flexibility index (Phi) is 4.10. The van der Waals surface area contributed by atoms with Gasteiger partial charge in [-0.1, -0.05) is 0 Å². The maximum atomic E-state index is 14.0. The van der Waals surface area contributed by atoms with Gasteiger partial charge in [0, 0.05) is 17.9 Å². The monoisotopic (exact) mass is 287 g/mol. The summed E-state index contributed by atoms with van der Waals surface area (Å²) in [6, 6.07) is 2.60. The second-order valence-corrected chi connectivity index (χ2v) is 6.81. The van der Waals surface area contributed by atoms with Gasteiger partial charge in [-0.25, -0.2) is 12.8 Å². The van der Waals surface area contributed by atoms with E-state index in [1.165, 1.54) is 19.2 Å². The number of halogens is 1. The fraction of sp³-hybridized carbons (Fsp3) is 0.538. The number of sulfone groups is 1. The molecule has 19 heavy (non-hydrogen) atoms. The van der Waals surface area contributed by atoms with Crippen molar-refractivity contribution in [3.05, 3.63) is 23.5 Å². The van der Waals surface area contributed by atoms with Gasteiger partial charge in [0.2, 0.25) is 0 Å². The Morgan fingerprint density at radius 3 is 2.47 bits per heavy atom. The standard InChI is InChI=1S/C13H18FNO3S/c1-18-12-8-13(19(2,16)17)11(14)7-10(12)9-3-5-15-6-4-9/h7-9,15H,3-6H2,1-2H3. The summed E-state index contributed by atoms with van der Waals surface area (Å²) in [6.07, 6.45) is 2.79. The molecule has 6 heteroatoms. The van der Waals surface area contributed by atoms with E-state index in [4.69, 9.17) is 4.74 Å². The lowest BCUT2D eigenvalue weighted by Crippen LogP contribution is -2.27. The highest BCUT2D eigenvalue weighted by atomic mass is 32.2. The van der Waals surface area contributed by atoms with E-state index in [1.807, 2.05) is 0 Å². The third-order valence-corrected chi connectivity index (χ3v) is 4.57. The van der Waals surface area contributed by atoms with Crippen LogP contribution in [0.1, 0.15) is 24.3 Å². The number of rotatable bonds is 3. The van der Waals surface area contributed by atoms with Gasteiger partial charge in [-0.3, -0.25) is 0 Å². The molecule has 0 atom stereocenters. The number of benzene rings is 1. The van der Waals surface area contributed by atoms with E-state index in [2.05, 4.69) is 5.32 Å². The molecule has 106 valence electrons. The van der Waals surface area contributed by atoms with Crippen LogP contribution in [0.4, 0.5) is 4.39 Å². The normalized spacial score (nSPS) is 17.4. The van der Waals surface area contributed by atoms with Gasteiger partial charge in [-0.2, -0.15) is 0 Å². The average molecular weight is 287 g/mol. The summed E-state index contributed by atoms with van der Waals surface area (Å²) in [5.41, 5.74) is 0.758. The van der Waals surface area contributed by atoms with Crippen LogP contribution in [-0.4, -0.2) is 34.9 Å². The molecule has 0 radical (unpaired) electrons. The molecule has 1 heterocycles. The van der Waals surface area contributed by atoms with Crippen molar-refractivity contribution in [2.45, 2.75) is 23.7 Å². The van der Waals surface area contributed by atoms with Crippen LogP contribution in [-0.2, 0) is 9.84 Å². The molecule has 0 spiro atoms. The second kappa shape index (κ2) is 5.46. The van der Waals surface area contributed by atoms with Crippen LogP contribution in [0.5, 0.6) is 5.75 Å². The van der Waals surface area contributed by atoms with E-state index in [-0.39, 0.29) is 10.8 Å². The molecule has 4 nitrogen and oxygen atoms in total. The van der Waals surface area contributed by atoms with E-state index in [1.54, 1.807) is 0 Å². The number of hydrogen-bond acceptors (Lipinski definition) is 4. The molecule has 0 aromatic heterocycles. The predicted octanol–water partition coefficient (Wildman–Crippen LogP) is 1.70. The molecular weight excluding hydrogens is 269 g/mol. The van der Waals surface area contributed by atoms with Crippen molar-refractivity contribution in [1.29, 1.82) is 0 Å². The average Bonchev–Trinajstić information content (AvgIpc) is 2.38. The van der Waals surface area contributed by atoms with Gasteiger partial charge in [-0.15, -0.1) is 0 Å². The Hall–Kier alpha value is -1.14. The first-order chi connectivity index (χ1) is 8.93. The van der Waals surface area contributed by atoms with Gasteiger partial charge < -0.3 is 10.1 Å². The number of methoxy groups -OCH3 is 1. The molecule has 1 saturated heterocycles. The van der Waals surface area contributed by atoms with Crippen LogP contribution >= 0.6 is 0 Å². The molecular formula is C13H18FNO3S. The molecule has 1 aliphatic heterocycles. The molecule has 1 N–H and O–H groups in total. The fourth-order valence-corrected chi connectivity index (χ4v) is 3.20. The van der Waals surface area contributed by atoms with Crippen LogP contribution in [0.3, 0.4) is 0 Å². The van der Waals surface area contributed by atoms with E-state index < -0.39 is 15.7 Å². The lowest BCUT2D eigenvalue weighted by molar-refractivity contribution is 0.387. The van der Waals surface area contributed by atoms with Crippen molar-refractivity contribution < 1.29 is 17.5 Å². The largest absolute Gasteiger partial charge is 0.496 e. The summed E-state index contributed by atoms with van der Waals surface area (Å²) in [6.45, 7) is 1.76. The summed E-state index contributed by atoms with van der Waals surface area (Å²) >= 11 is 0. The van der Waals surface area contributed by atoms with Gasteiger partial charge in [0.15, 0.2) is 9.84 Å². The molecule has 0 bridgehead atoms. The van der Waals surface area contributed by atoms with Crippen molar-refractivity contribution >= 4 is 9.84 Å². The van der Waals surface area contributed by atoms with E-state index in [0.29, 0.717) is 5.75 Å². The van der Waals surface area contributed by atoms with Gasteiger partial charge in [-0.05, 0) is 37.9 Å². The number of ether oxygens (including phenoxy) is 1. The molecule has 1 fully saturated rings. The summed E-state index contributed by atoms with van der Waals surface area (Å²) < 4.78 is 42.2. The second-order valence-electron chi connectivity index (χ2n) is 4.82. The minimum Gasteiger partial charge on any atom is -0.496 e. The van der Waals surface area contributed by atoms with Gasteiger partial charge in [0.25, 0.3) is 0 Å². The molecule has 0 unspecified atom stereocenters. The van der Waals surface area contributed by atoms with Crippen LogP contribution in [0.2, 0.25) is 0 Å². The molecule has 1 aliphatic rings. The summed E-state index contributed by atoms with van der Waals surface area (Å²) in [5, 5.41) is 3.24. The highest BCUT2D eigenvalue weighted by Crippen LogP contribution is 2.35. The predicted molar refractivity (Wildman–Crippen MR) is 70.9 cm³/mol. The molecule has 1 aromatic rings. The Morgan fingerprint density at radius 1 is 1.32 bits per heavy atom. The smallest absolute Gasteiger partial charge is 0.178 e. The van der Waals surface area contributed by atoms with Crippen molar-refractivity contribution in [1.82, 2.24) is 5.32 Å². The maximum absolute atomic E-state index is 14.0. The third kappa shape index (κ3) is 3.06. The van der Waals surface area contributed by atoms with Crippen molar-refractivity contribution in [2.75, 3.05) is 26.5 Å². The van der Waals surface area contributed by atoms with Gasteiger partial charge in [0.1, 0.15) is 16.5 Å². The summed E-state index contributed by atoms with van der Waals surface area (Å²) in [7, 11) is -2.10. The number of nitrogens with one attached hydrogen (secondary N) is 1. The first-order valence-electron chi connectivity index (χ1n) is 6.21. The summed E-state index contributed by atoms with van der Waals surface area (Å²) in [5.74, 6) is -0.0372. The Morgan fingerprint density at radius 2 is 1.95 bits per heavy atom. The highest BCUT2D eigenvalue weighted by molar-refractivity contribution is 7.90. The zero-order chi connectivity index (χ0) is 14.0. The van der Waals surface area contributed by atoms with Crippen LogP contribution in [0.15, 0.2) is 17.0 Å². The molecule has 2 rings (SSSR count). The Labute approximate surface area is 112 Å². The maximum Gasteiger partial charge on any atom is 0.178 e. The first kappa shape index (κ1) is 14.3. The lowest BCUT2D eigenvalue weighted by atomic mass is 9.89. The van der Waals surface area contributed by atoms with Crippen molar-refractivity contribution in [3.8, 4) is 5.75 Å². The first-order valence-corrected chi connectivity index (χ1v) is 8.11. The SMILES string of the molecule is COc1cc(S(C)(=O)=O)c(F)cc1C1CCNCC1. The Balaban J connectivity index is 2.47. The number of piperidine rings is 1. The summed E-state index contributed by atoms with van der Waals surface area (Å²) in [4.78, 5) is -0.304. The third-order valence-electron chi connectivity index (χ3n) is 3.46. The minimum atomic E-state index is -3.58. The highest BCUT2D eigenvalue weighted by Gasteiger charge is 2.23. The van der Waals surface area contributed by atoms with Crippen LogP contribution in [0.25, 0.3) is 0 Å². The van der Waals surface area contributed by atoms with Crippen molar-refractivity contribution in [2.24, 2.45) is 0 Å². The molecule has 1 aromatic carbocycles. The molecule has 0 amide bonds. The zero-order valence-corrected chi connectivity index (χ0v) is 11.9. The van der Waals surface area contributed by atoms with Gasteiger partial charge in [0.05, 0.1) is 7.11 Å². The fourth-order valence-electron chi connectivity index (χ4n) is 2.46. The van der Waals surface area contributed by atoms with Crippen LogP contribution in [0, 0.1) is 5.82 Å². The van der Waals surface area contributed by atoms with E-state index in [9.17, 15) is 12.8 Å². The number of hydrogen-bond donors (Lipinski definition) is 1. The lowest BCUT2D eigenvalue weighted by Gasteiger charge is -2.25. The van der Waals surface area contributed by atoms with E-state index >= 15 is 0 Å². The van der Waals surface area contributed by atoms with Gasteiger partial charge >= 0.3 is 0 Å². The molecule has 0 aliphatic carbocycles.